The van der Waals surface area contributed by atoms with Crippen LogP contribution in [0.3, 0.4) is 0 Å². The van der Waals surface area contributed by atoms with Gasteiger partial charge in [0.1, 0.15) is 6.04 Å². The van der Waals surface area contributed by atoms with Crippen molar-refractivity contribution in [2.75, 3.05) is 43.5 Å². The number of allylic oxidation sites excluding steroid dienone is 1. The van der Waals surface area contributed by atoms with Gasteiger partial charge in [0.15, 0.2) is 0 Å². The number of hydrogen-bond donors (Lipinski definition) is 3. The van der Waals surface area contributed by atoms with Crippen molar-refractivity contribution < 1.29 is 19.5 Å². The van der Waals surface area contributed by atoms with Crippen LogP contribution < -0.4 is 15.5 Å². The fourth-order valence-corrected chi connectivity index (χ4v) is 6.18. The van der Waals surface area contributed by atoms with Crippen LogP contribution in [-0.2, 0) is 14.4 Å². The number of carbonyl (C=O) groups is 3. The van der Waals surface area contributed by atoms with Crippen LogP contribution in [0.25, 0.3) is 0 Å². The lowest BCUT2D eigenvalue weighted by Gasteiger charge is -2.34. The van der Waals surface area contributed by atoms with Crippen LogP contribution in [0.4, 0.5) is 11.4 Å². The molecule has 0 unspecified atom stereocenters. The lowest BCUT2D eigenvalue weighted by Crippen LogP contribution is -2.45. The summed E-state index contributed by atoms with van der Waals surface area (Å²) in [6.45, 7) is 8.73. The maximum absolute atomic E-state index is 13.9. The van der Waals surface area contributed by atoms with Crippen molar-refractivity contribution in [3.8, 4) is 0 Å². The van der Waals surface area contributed by atoms with Crippen molar-refractivity contribution in [3.63, 3.8) is 0 Å². The van der Waals surface area contributed by atoms with E-state index in [1.54, 1.807) is 11.9 Å². The number of rotatable bonds is 14. The van der Waals surface area contributed by atoms with Crippen LogP contribution in [0, 0.1) is 23.7 Å². The van der Waals surface area contributed by atoms with E-state index in [9.17, 15) is 14.4 Å². The van der Waals surface area contributed by atoms with Gasteiger partial charge in [-0.1, -0.05) is 38.3 Å². The standard InChI is InChI=1S/C30H46N4O4/c1-5-12-21-13-18-24-26(25(21)28(36)31-4)30(38)34(19-10-8-9-11-20-35)27(24)29(37)32-22-14-16-23(17-15-22)33(6-2)7-3/h13-18,21,24-27,35H,5-12,19-20H2,1-4H3,(H,31,36)(H,32,37)/t21-,24+,25-,26+,27+/m1/s1. The molecule has 1 saturated heterocycles. The maximum atomic E-state index is 13.9. The van der Waals surface area contributed by atoms with Gasteiger partial charge in [0.05, 0.1) is 11.8 Å². The molecule has 1 heterocycles. The molecule has 1 fully saturated rings. The Balaban J connectivity index is 1.87. The lowest BCUT2D eigenvalue weighted by atomic mass is 9.68. The Morgan fingerprint density at radius 3 is 2.26 bits per heavy atom. The molecule has 0 radical (unpaired) electrons. The second-order valence-electron chi connectivity index (χ2n) is 10.4. The molecule has 1 aliphatic carbocycles. The molecule has 5 atom stereocenters. The molecule has 0 saturated carbocycles. The predicted molar refractivity (Wildman–Crippen MR) is 152 cm³/mol. The fraction of sp³-hybridized carbons (Fsp3) is 0.633. The summed E-state index contributed by atoms with van der Waals surface area (Å²) in [5.41, 5.74) is 1.79. The normalized spacial score (nSPS) is 24.3. The van der Waals surface area contributed by atoms with Gasteiger partial charge in [-0.3, -0.25) is 14.4 Å². The minimum absolute atomic E-state index is 0.0222. The average molecular weight is 527 g/mol. The van der Waals surface area contributed by atoms with Crippen molar-refractivity contribution in [2.24, 2.45) is 23.7 Å². The van der Waals surface area contributed by atoms with Gasteiger partial charge in [-0.15, -0.1) is 0 Å². The molecule has 0 spiro atoms. The van der Waals surface area contributed by atoms with E-state index in [-0.39, 0.29) is 36.2 Å². The van der Waals surface area contributed by atoms with Crippen molar-refractivity contribution >= 4 is 29.1 Å². The average Bonchev–Trinajstić information content (AvgIpc) is 3.21. The zero-order valence-electron chi connectivity index (χ0n) is 23.5. The number of hydrogen-bond acceptors (Lipinski definition) is 5. The highest BCUT2D eigenvalue weighted by Crippen LogP contribution is 2.45. The van der Waals surface area contributed by atoms with Gasteiger partial charge in [0.2, 0.25) is 17.7 Å². The summed E-state index contributed by atoms with van der Waals surface area (Å²) in [6.07, 6.45) is 9.03. The van der Waals surface area contributed by atoms with E-state index in [4.69, 9.17) is 5.11 Å². The predicted octanol–water partition coefficient (Wildman–Crippen LogP) is 3.82. The van der Waals surface area contributed by atoms with Gasteiger partial charge >= 0.3 is 0 Å². The summed E-state index contributed by atoms with van der Waals surface area (Å²) in [6, 6.07) is 7.14. The molecule has 3 amide bonds. The number of benzene rings is 1. The summed E-state index contributed by atoms with van der Waals surface area (Å²) in [5.74, 6) is -1.86. The Morgan fingerprint density at radius 2 is 1.66 bits per heavy atom. The number of amides is 3. The van der Waals surface area contributed by atoms with Crippen molar-refractivity contribution in [2.45, 2.75) is 65.3 Å². The highest BCUT2D eigenvalue weighted by molar-refractivity contribution is 6.02. The molecular weight excluding hydrogens is 480 g/mol. The van der Waals surface area contributed by atoms with Crippen LogP contribution in [0.2, 0.25) is 0 Å². The number of nitrogens with one attached hydrogen (secondary N) is 2. The van der Waals surface area contributed by atoms with Gasteiger partial charge in [0.25, 0.3) is 0 Å². The first kappa shape index (κ1) is 29.7. The first-order valence-corrected chi connectivity index (χ1v) is 14.4. The largest absolute Gasteiger partial charge is 0.396 e. The minimum atomic E-state index is -0.668. The number of aliphatic hydroxyl groups excluding tert-OH is 1. The third kappa shape index (κ3) is 6.57. The molecule has 3 N–H and O–H groups in total. The third-order valence-corrected chi connectivity index (χ3v) is 8.12. The van der Waals surface area contributed by atoms with E-state index < -0.39 is 17.9 Å². The number of anilines is 2. The summed E-state index contributed by atoms with van der Waals surface area (Å²) < 4.78 is 0. The number of aliphatic hydroxyl groups is 1. The Kier molecular flexibility index (Phi) is 11.2. The summed E-state index contributed by atoms with van der Waals surface area (Å²) >= 11 is 0. The monoisotopic (exact) mass is 526 g/mol. The van der Waals surface area contributed by atoms with E-state index in [1.807, 2.05) is 30.3 Å². The van der Waals surface area contributed by atoms with E-state index in [0.717, 1.165) is 57.3 Å². The van der Waals surface area contributed by atoms with Crippen molar-refractivity contribution in [1.29, 1.82) is 0 Å². The SMILES string of the molecule is CCC[C@@H]1C=C[C@H]2[C@H](C(=O)N(CCCCCCO)[C@@H]2C(=O)Nc2ccc(N(CC)CC)cc2)[C@@H]1C(=O)NC. The van der Waals surface area contributed by atoms with Crippen LogP contribution in [0.5, 0.6) is 0 Å². The molecule has 1 aliphatic heterocycles. The lowest BCUT2D eigenvalue weighted by molar-refractivity contribution is -0.140. The molecule has 0 aromatic heterocycles. The van der Waals surface area contributed by atoms with E-state index >= 15 is 0 Å². The molecule has 0 bridgehead atoms. The van der Waals surface area contributed by atoms with Crippen LogP contribution in [0.1, 0.15) is 59.3 Å². The molecular formula is C30H46N4O4. The van der Waals surface area contributed by atoms with Gasteiger partial charge in [-0.2, -0.15) is 0 Å². The number of fused-ring (bicyclic) bond motifs is 1. The van der Waals surface area contributed by atoms with Gasteiger partial charge in [-0.25, -0.2) is 0 Å². The van der Waals surface area contributed by atoms with Crippen molar-refractivity contribution in [1.82, 2.24) is 10.2 Å². The first-order chi connectivity index (χ1) is 18.4. The van der Waals surface area contributed by atoms with E-state index in [2.05, 4.69) is 42.4 Å². The fourth-order valence-electron chi connectivity index (χ4n) is 6.18. The summed E-state index contributed by atoms with van der Waals surface area (Å²) in [5, 5.41) is 14.9. The van der Waals surface area contributed by atoms with Gasteiger partial charge in [0, 0.05) is 50.6 Å². The second-order valence-corrected chi connectivity index (χ2v) is 10.4. The zero-order chi connectivity index (χ0) is 27.7. The molecule has 3 rings (SSSR count). The quantitative estimate of drug-likeness (QED) is 0.253. The molecule has 38 heavy (non-hydrogen) atoms. The number of nitrogens with zero attached hydrogens (tertiary/aromatic N) is 2. The van der Waals surface area contributed by atoms with E-state index in [1.165, 1.54) is 0 Å². The highest BCUT2D eigenvalue weighted by atomic mass is 16.3. The number of likely N-dealkylation sites (tertiary alicyclic amines) is 1. The zero-order valence-corrected chi connectivity index (χ0v) is 23.5. The Bertz CT molecular complexity index is 960. The molecule has 1 aromatic rings. The van der Waals surface area contributed by atoms with Gasteiger partial charge in [-0.05, 0) is 63.3 Å². The Labute approximate surface area is 227 Å². The molecule has 8 nitrogen and oxygen atoms in total. The maximum Gasteiger partial charge on any atom is 0.247 e. The number of unbranched alkanes of at least 4 members (excludes halogenated alkanes) is 3. The van der Waals surface area contributed by atoms with Crippen LogP contribution >= 0.6 is 0 Å². The van der Waals surface area contributed by atoms with Gasteiger partial charge < -0.3 is 25.5 Å². The molecule has 1 aromatic carbocycles. The highest BCUT2D eigenvalue weighted by Gasteiger charge is 2.56. The second kappa shape index (κ2) is 14.3. The molecule has 2 aliphatic rings. The Morgan fingerprint density at radius 1 is 0.974 bits per heavy atom. The van der Waals surface area contributed by atoms with Crippen LogP contribution in [-0.4, -0.2) is 67.1 Å². The number of carbonyl (C=O) groups excluding carboxylic acids is 3. The first-order valence-electron chi connectivity index (χ1n) is 14.4. The van der Waals surface area contributed by atoms with Crippen LogP contribution in [0.15, 0.2) is 36.4 Å². The van der Waals surface area contributed by atoms with Crippen molar-refractivity contribution in [3.05, 3.63) is 36.4 Å². The Hall–Kier alpha value is -2.87. The molecule has 8 heteroatoms. The molecule has 210 valence electrons. The topological polar surface area (TPSA) is 102 Å². The summed E-state index contributed by atoms with van der Waals surface area (Å²) in [7, 11) is 1.61. The minimum Gasteiger partial charge on any atom is -0.396 e. The van der Waals surface area contributed by atoms with E-state index in [0.29, 0.717) is 12.2 Å². The smallest absolute Gasteiger partial charge is 0.247 e. The summed E-state index contributed by atoms with van der Waals surface area (Å²) in [4.78, 5) is 44.6. The third-order valence-electron chi connectivity index (χ3n) is 8.12.